The van der Waals surface area contributed by atoms with Crippen molar-refractivity contribution in [1.82, 2.24) is 4.90 Å². The Balaban J connectivity index is 2.02. The molecule has 1 unspecified atom stereocenters. The van der Waals surface area contributed by atoms with Gasteiger partial charge in [-0.15, -0.1) is 0 Å². The Morgan fingerprint density at radius 1 is 0.952 bits per heavy atom. The van der Waals surface area contributed by atoms with Crippen LogP contribution in [0, 0.1) is 11.8 Å². The van der Waals surface area contributed by atoms with Gasteiger partial charge in [-0.25, -0.2) is 0 Å². The van der Waals surface area contributed by atoms with Gasteiger partial charge in [0.25, 0.3) is 0 Å². The summed E-state index contributed by atoms with van der Waals surface area (Å²) in [7, 11) is 0. The summed E-state index contributed by atoms with van der Waals surface area (Å²) in [5.41, 5.74) is 4.02. The summed E-state index contributed by atoms with van der Waals surface area (Å²) in [6.45, 7) is 11.8. The van der Waals surface area contributed by atoms with Crippen molar-refractivity contribution < 1.29 is 5.11 Å². The molecule has 1 aromatic carbocycles. The van der Waals surface area contributed by atoms with E-state index in [-0.39, 0.29) is 6.10 Å². The molecule has 0 heterocycles. The highest BCUT2D eigenvalue weighted by Crippen LogP contribution is 2.26. The molecule has 2 nitrogen and oxygen atoms in total. The van der Waals surface area contributed by atoms with Crippen molar-refractivity contribution in [2.45, 2.75) is 53.1 Å². The fraction of sp³-hybridized carbons (Fsp3) is 0.684. The number of aliphatic hydroxyl groups excluding tert-OH is 1. The molecule has 1 atom stereocenters. The van der Waals surface area contributed by atoms with Crippen LogP contribution in [0.1, 0.15) is 56.9 Å². The van der Waals surface area contributed by atoms with Gasteiger partial charge in [-0.3, -0.25) is 4.90 Å². The highest BCUT2D eigenvalue weighted by molar-refractivity contribution is 5.36. The SMILES string of the molecule is CC(C)CN(CC(C)C)CC(O)c1ccc2c(c1)CCC2. The van der Waals surface area contributed by atoms with E-state index in [4.69, 9.17) is 0 Å². The smallest absolute Gasteiger partial charge is 0.0917 e. The highest BCUT2D eigenvalue weighted by Gasteiger charge is 2.18. The molecule has 21 heavy (non-hydrogen) atoms. The largest absolute Gasteiger partial charge is 0.387 e. The van der Waals surface area contributed by atoms with Crippen LogP contribution in [0.15, 0.2) is 18.2 Å². The first-order chi connectivity index (χ1) is 9.95. The number of benzene rings is 1. The average molecular weight is 289 g/mol. The predicted molar refractivity (Wildman–Crippen MR) is 89.5 cm³/mol. The summed E-state index contributed by atoms with van der Waals surface area (Å²) >= 11 is 0. The summed E-state index contributed by atoms with van der Waals surface area (Å²) in [5, 5.41) is 10.6. The van der Waals surface area contributed by atoms with E-state index in [1.54, 1.807) is 0 Å². The maximum Gasteiger partial charge on any atom is 0.0917 e. The summed E-state index contributed by atoms with van der Waals surface area (Å²) < 4.78 is 0. The van der Waals surface area contributed by atoms with E-state index in [1.165, 1.54) is 30.4 Å². The zero-order valence-corrected chi connectivity index (χ0v) is 14.1. The lowest BCUT2D eigenvalue weighted by Gasteiger charge is -2.28. The predicted octanol–water partition coefficient (Wildman–Crippen LogP) is 3.82. The van der Waals surface area contributed by atoms with Gasteiger partial charge >= 0.3 is 0 Å². The Labute approximate surface area is 130 Å². The fourth-order valence-corrected chi connectivity index (χ4v) is 3.41. The molecular formula is C19H31NO. The first-order valence-corrected chi connectivity index (χ1v) is 8.47. The topological polar surface area (TPSA) is 23.5 Å². The Bertz CT molecular complexity index is 443. The second kappa shape index (κ2) is 7.42. The second-order valence-electron chi connectivity index (χ2n) is 7.40. The van der Waals surface area contributed by atoms with E-state index < -0.39 is 0 Å². The minimum atomic E-state index is -0.367. The van der Waals surface area contributed by atoms with Crippen LogP contribution in [0.2, 0.25) is 0 Å². The number of fused-ring (bicyclic) bond motifs is 1. The monoisotopic (exact) mass is 289 g/mol. The normalized spacial score (nSPS) is 16.0. The number of rotatable bonds is 7. The minimum absolute atomic E-state index is 0.367. The van der Waals surface area contributed by atoms with E-state index >= 15 is 0 Å². The van der Waals surface area contributed by atoms with Gasteiger partial charge in [-0.1, -0.05) is 45.9 Å². The number of hydrogen-bond donors (Lipinski definition) is 1. The second-order valence-corrected chi connectivity index (χ2v) is 7.40. The highest BCUT2D eigenvalue weighted by atomic mass is 16.3. The van der Waals surface area contributed by atoms with Gasteiger partial charge in [0.05, 0.1) is 6.10 Å². The number of aliphatic hydroxyl groups is 1. The third-order valence-electron chi connectivity index (χ3n) is 4.19. The van der Waals surface area contributed by atoms with Crippen LogP contribution in [-0.4, -0.2) is 29.6 Å². The Morgan fingerprint density at radius 2 is 1.57 bits per heavy atom. The van der Waals surface area contributed by atoms with Crippen LogP contribution in [-0.2, 0) is 12.8 Å². The van der Waals surface area contributed by atoms with Gasteiger partial charge in [-0.2, -0.15) is 0 Å². The van der Waals surface area contributed by atoms with E-state index in [0.717, 1.165) is 25.2 Å². The molecule has 0 saturated carbocycles. The molecule has 0 bridgehead atoms. The van der Waals surface area contributed by atoms with Gasteiger partial charge < -0.3 is 5.11 Å². The summed E-state index contributed by atoms with van der Waals surface area (Å²) in [5.74, 6) is 1.27. The minimum Gasteiger partial charge on any atom is -0.387 e. The van der Waals surface area contributed by atoms with Crippen LogP contribution in [0.3, 0.4) is 0 Å². The fourth-order valence-electron chi connectivity index (χ4n) is 3.41. The molecule has 0 aromatic heterocycles. The van der Waals surface area contributed by atoms with Crippen LogP contribution in [0.5, 0.6) is 0 Å². The van der Waals surface area contributed by atoms with Gasteiger partial charge in [0, 0.05) is 19.6 Å². The first kappa shape index (κ1) is 16.5. The van der Waals surface area contributed by atoms with Crippen molar-refractivity contribution in [3.63, 3.8) is 0 Å². The third kappa shape index (κ3) is 4.82. The molecule has 0 aliphatic heterocycles. The lowest BCUT2D eigenvalue weighted by molar-refractivity contribution is 0.0986. The van der Waals surface area contributed by atoms with E-state index in [1.807, 2.05) is 0 Å². The lowest BCUT2D eigenvalue weighted by atomic mass is 10.0. The Morgan fingerprint density at radius 3 is 2.19 bits per heavy atom. The zero-order chi connectivity index (χ0) is 15.4. The standard InChI is InChI=1S/C19H31NO/c1-14(2)11-20(12-15(3)4)13-19(21)18-9-8-16-6-5-7-17(16)10-18/h8-10,14-15,19,21H,5-7,11-13H2,1-4H3. The van der Waals surface area contributed by atoms with E-state index in [0.29, 0.717) is 11.8 Å². The molecule has 0 amide bonds. The number of hydrogen-bond acceptors (Lipinski definition) is 2. The van der Waals surface area contributed by atoms with Gasteiger partial charge in [-0.05, 0) is 47.8 Å². The number of aryl methyl sites for hydroxylation is 2. The molecule has 2 heteroatoms. The van der Waals surface area contributed by atoms with Gasteiger partial charge in [0.2, 0.25) is 0 Å². The molecule has 0 spiro atoms. The molecule has 0 fully saturated rings. The Kier molecular flexibility index (Phi) is 5.83. The lowest BCUT2D eigenvalue weighted by Crippen LogP contribution is -2.35. The Hall–Kier alpha value is -0.860. The van der Waals surface area contributed by atoms with Crippen LogP contribution in [0.25, 0.3) is 0 Å². The zero-order valence-electron chi connectivity index (χ0n) is 14.1. The van der Waals surface area contributed by atoms with Crippen LogP contribution in [0.4, 0.5) is 0 Å². The summed E-state index contributed by atoms with van der Waals surface area (Å²) in [6.07, 6.45) is 3.28. The maximum absolute atomic E-state index is 10.6. The molecule has 1 aromatic rings. The van der Waals surface area contributed by atoms with Crippen molar-refractivity contribution in [2.24, 2.45) is 11.8 Å². The summed E-state index contributed by atoms with van der Waals surface area (Å²) in [4.78, 5) is 2.41. The molecule has 118 valence electrons. The molecule has 1 N–H and O–H groups in total. The third-order valence-corrected chi connectivity index (χ3v) is 4.19. The molecule has 1 aliphatic carbocycles. The van der Waals surface area contributed by atoms with Gasteiger partial charge in [0.15, 0.2) is 0 Å². The quantitative estimate of drug-likeness (QED) is 0.825. The van der Waals surface area contributed by atoms with E-state index in [2.05, 4.69) is 50.8 Å². The number of nitrogens with zero attached hydrogens (tertiary/aromatic N) is 1. The summed E-state index contributed by atoms with van der Waals surface area (Å²) in [6, 6.07) is 6.57. The first-order valence-electron chi connectivity index (χ1n) is 8.47. The molecule has 2 rings (SSSR count). The maximum atomic E-state index is 10.6. The molecule has 1 aliphatic rings. The van der Waals surface area contributed by atoms with Crippen molar-refractivity contribution >= 4 is 0 Å². The van der Waals surface area contributed by atoms with Crippen molar-refractivity contribution in [3.8, 4) is 0 Å². The average Bonchev–Trinajstić information content (AvgIpc) is 2.83. The van der Waals surface area contributed by atoms with Crippen LogP contribution >= 0.6 is 0 Å². The van der Waals surface area contributed by atoms with Crippen molar-refractivity contribution in [1.29, 1.82) is 0 Å². The van der Waals surface area contributed by atoms with E-state index in [9.17, 15) is 5.11 Å². The molecule has 0 radical (unpaired) electrons. The molecular weight excluding hydrogens is 258 g/mol. The van der Waals surface area contributed by atoms with Crippen molar-refractivity contribution in [3.05, 3.63) is 34.9 Å². The van der Waals surface area contributed by atoms with Crippen LogP contribution < -0.4 is 0 Å². The van der Waals surface area contributed by atoms with Crippen molar-refractivity contribution in [2.75, 3.05) is 19.6 Å². The molecule has 0 saturated heterocycles. The van der Waals surface area contributed by atoms with Gasteiger partial charge in [0.1, 0.15) is 0 Å².